The molecule has 6 heteroatoms. The number of aryl methyl sites for hydroxylation is 3. The van der Waals surface area contributed by atoms with Crippen LogP contribution in [-0.4, -0.2) is 23.5 Å². The van der Waals surface area contributed by atoms with Gasteiger partial charge >= 0.3 is 5.97 Å². The summed E-state index contributed by atoms with van der Waals surface area (Å²) >= 11 is 6.03. The molecule has 0 atom stereocenters. The highest BCUT2D eigenvalue weighted by Gasteiger charge is 2.22. The van der Waals surface area contributed by atoms with Gasteiger partial charge in [-0.25, -0.2) is 4.79 Å². The van der Waals surface area contributed by atoms with Crippen LogP contribution in [0.1, 0.15) is 39.7 Å². The molecule has 0 aliphatic carbocycles. The van der Waals surface area contributed by atoms with Crippen molar-refractivity contribution >= 4 is 34.3 Å². The molecule has 5 nitrogen and oxygen atoms in total. The number of halogens is 1. The van der Waals surface area contributed by atoms with E-state index < -0.39 is 12.6 Å². The molecule has 0 aliphatic heterocycles. The minimum atomic E-state index is -1.05. The first-order valence-corrected chi connectivity index (χ1v) is 8.91. The Hall–Kier alpha value is -2.79. The van der Waals surface area contributed by atoms with Crippen LogP contribution in [-0.2, 0) is 11.2 Å². The number of fused-ring (bicyclic) bond motifs is 1. The molecular weight excluding hydrogens is 368 g/mol. The van der Waals surface area contributed by atoms with Crippen molar-refractivity contribution in [3.05, 3.63) is 63.4 Å². The highest BCUT2D eigenvalue weighted by atomic mass is 35.5. The van der Waals surface area contributed by atoms with Gasteiger partial charge in [-0.15, -0.1) is 0 Å². The van der Waals surface area contributed by atoms with Gasteiger partial charge in [0, 0.05) is 28.5 Å². The maximum Gasteiger partial charge on any atom is 0.341 e. The van der Waals surface area contributed by atoms with Crippen LogP contribution < -0.4 is 4.74 Å². The number of benzene rings is 2. The highest BCUT2D eigenvalue weighted by molar-refractivity contribution is 6.31. The predicted octanol–water partition coefficient (Wildman–Crippen LogP) is 4.96. The molecule has 2 aromatic carbocycles. The number of hydrogen-bond acceptors (Lipinski definition) is 4. The Morgan fingerprint density at radius 1 is 1.15 bits per heavy atom. The molecule has 1 heterocycles. The maximum absolute atomic E-state index is 13.2. The van der Waals surface area contributed by atoms with Gasteiger partial charge in [-0.3, -0.25) is 4.79 Å². The zero-order valence-corrected chi connectivity index (χ0v) is 16.0. The van der Waals surface area contributed by atoms with E-state index in [1.54, 1.807) is 44.2 Å². The van der Waals surface area contributed by atoms with Crippen LogP contribution in [0.3, 0.4) is 0 Å². The lowest BCUT2D eigenvalue weighted by molar-refractivity contribution is -0.139. The molecule has 0 fully saturated rings. The van der Waals surface area contributed by atoms with Gasteiger partial charge in [-0.1, -0.05) is 18.5 Å². The molecule has 0 spiro atoms. The Balaban J connectivity index is 2.06. The van der Waals surface area contributed by atoms with E-state index in [2.05, 4.69) is 0 Å². The molecule has 1 N–H and O–H groups in total. The first-order valence-electron chi connectivity index (χ1n) is 8.53. The minimum Gasteiger partial charge on any atom is -0.481 e. The van der Waals surface area contributed by atoms with Gasteiger partial charge in [0.15, 0.2) is 12.4 Å². The number of rotatable bonds is 6. The minimum absolute atomic E-state index is 0.149. The summed E-state index contributed by atoms with van der Waals surface area (Å²) in [6.07, 6.45) is 0.575. The number of hydrogen-bond donors (Lipinski definition) is 1. The number of furan rings is 1. The molecule has 1 aromatic heterocycles. The van der Waals surface area contributed by atoms with E-state index in [9.17, 15) is 9.59 Å². The third-order valence-corrected chi connectivity index (χ3v) is 4.57. The van der Waals surface area contributed by atoms with Crippen LogP contribution in [0.4, 0.5) is 0 Å². The summed E-state index contributed by atoms with van der Waals surface area (Å²) < 4.78 is 11.2. The fourth-order valence-electron chi connectivity index (χ4n) is 3.21. The topological polar surface area (TPSA) is 76.7 Å². The Morgan fingerprint density at radius 3 is 2.41 bits per heavy atom. The molecule has 0 radical (unpaired) electrons. The molecule has 0 bridgehead atoms. The Kier molecular flexibility index (Phi) is 5.24. The van der Waals surface area contributed by atoms with Crippen molar-refractivity contribution in [2.75, 3.05) is 6.61 Å². The zero-order valence-electron chi connectivity index (χ0n) is 15.3. The molecule has 3 aromatic rings. The van der Waals surface area contributed by atoms with Crippen LogP contribution in [0, 0.1) is 13.8 Å². The van der Waals surface area contributed by atoms with Crippen molar-refractivity contribution in [3.8, 4) is 5.75 Å². The van der Waals surface area contributed by atoms with E-state index in [1.807, 2.05) is 6.92 Å². The zero-order chi connectivity index (χ0) is 19.7. The summed E-state index contributed by atoms with van der Waals surface area (Å²) in [7, 11) is 0. The van der Waals surface area contributed by atoms with E-state index in [0.717, 1.165) is 5.39 Å². The maximum atomic E-state index is 13.2. The van der Waals surface area contributed by atoms with E-state index in [1.165, 1.54) is 0 Å². The average molecular weight is 387 g/mol. The SMILES string of the molecule is CCc1oc2cc(Cl)ccc2c1C(=O)c1cc(C)c(OCC(=O)O)c(C)c1. The number of carboxylic acid groups (broad SMARTS) is 1. The van der Waals surface area contributed by atoms with Crippen LogP contribution in [0.2, 0.25) is 5.02 Å². The number of carboxylic acids is 1. The molecule has 27 heavy (non-hydrogen) atoms. The van der Waals surface area contributed by atoms with Crippen LogP contribution in [0.25, 0.3) is 11.0 Å². The predicted molar refractivity (Wildman–Crippen MR) is 103 cm³/mol. The number of aliphatic carboxylic acids is 1. The lowest BCUT2D eigenvalue weighted by Crippen LogP contribution is -2.12. The number of ketones is 1. The molecule has 0 unspecified atom stereocenters. The van der Waals surface area contributed by atoms with Crippen LogP contribution in [0.5, 0.6) is 5.75 Å². The first kappa shape index (κ1) is 19.0. The Labute approximate surface area is 161 Å². The first-order chi connectivity index (χ1) is 12.8. The molecule has 0 saturated carbocycles. The summed E-state index contributed by atoms with van der Waals surface area (Å²) in [5, 5.41) is 10.1. The van der Waals surface area contributed by atoms with Crippen molar-refractivity contribution in [1.82, 2.24) is 0 Å². The molecule has 0 saturated heterocycles. The average Bonchev–Trinajstić information content (AvgIpc) is 2.97. The van der Waals surface area contributed by atoms with Crippen molar-refractivity contribution in [1.29, 1.82) is 0 Å². The molecule has 0 aliphatic rings. The third-order valence-electron chi connectivity index (χ3n) is 4.34. The monoisotopic (exact) mass is 386 g/mol. The van der Waals surface area contributed by atoms with Crippen molar-refractivity contribution in [3.63, 3.8) is 0 Å². The summed E-state index contributed by atoms with van der Waals surface area (Å²) in [6, 6.07) is 8.64. The Bertz CT molecular complexity index is 1030. The second kappa shape index (κ2) is 7.45. The van der Waals surface area contributed by atoms with Crippen LogP contribution >= 0.6 is 11.6 Å². The van der Waals surface area contributed by atoms with Gasteiger partial charge in [0.1, 0.15) is 17.1 Å². The fraction of sp³-hybridized carbons (Fsp3) is 0.238. The number of carbonyl (C=O) groups excluding carboxylic acids is 1. The summed E-state index contributed by atoms with van der Waals surface area (Å²) in [5.41, 5.74) is 3.02. The van der Waals surface area contributed by atoms with Crippen molar-refractivity contribution in [2.24, 2.45) is 0 Å². The normalized spacial score (nSPS) is 11.0. The van der Waals surface area contributed by atoms with Gasteiger partial charge in [-0.2, -0.15) is 0 Å². The smallest absolute Gasteiger partial charge is 0.341 e. The van der Waals surface area contributed by atoms with Gasteiger partial charge in [-0.05, 0) is 49.2 Å². The molecule has 140 valence electrons. The third kappa shape index (κ3) is 3.69. The molecule has 0 amide bonds. The fourth-order valence-corrected chi connectivity index (χ4v) is 3.37. The van der Waals surface area contributed by atoms with Gasteiger partial charge in [0.25, 0.3) is 0 Å². The molecule has 3 rings (SSSR count). The summed E-state index contributed by atoms with van der Waals surface area (Å²) in [6.45, 7) is 5.07. The van der Waals surface area contributed by atoms with Crippen LogP contribution in [0.15, 0.2) is 34.7 Å². The van der Waals surface area contributed by atoms with Crippen molar-refractivity contribution in [2.45, 2.75) is 27.2 Å². The van der Waals surface area contributed by atoms with E-state index in [0.29, 0.717) is 50.8 Å². The number of ether oxygens (including phenoxy) is 1. The van der Waals surface area contributed by atoms with E-state index in [4.69, 9.17) is 25.9 Å². The standard InChI is InChI=1S/C21H19ClO5/c1-4-16-19(15-6-5-14(22)9-17(15)27-16)20(25)13-7-11(2)21(12(3)8-13)26-10-18(23)24/h5-9H,4,10H2,1-3H3,(H,23,24). The second-order valence-electron chi connectivity index (χ2n) is 6.34. The lowest BCUT2D eigenvalue weighted by Gasteiger charge is -2.12. The number of carbonyl (C=O) groups is 2. The quantitative estimate of drug-likeness (QED) is 0.606. The lowest BCUT2D eigenvalue weighted by atomic mass is 9.96. The summed E-state index contributed by atoms with van der Waals surface area (Å²) in [5.74, 6) is -0.110. The largest absolute Gasteiger partial charge is 0.481 e. The summed E-state index contributed by atoms with van der Waals surface area (Å²) in [4.78, 5) is 24.0. The van der Waals surface area contributed by atoms with E-state index >= 15 is 0 Å². The van der Waals surface area contributed by atoms with Crippen molar-refractivity contribution < 1.29 is 23.8 Å². The molecular formula is C21H19ClO5. The highest BCUT2D eigenvalue weighted by Crippen LogP contribution is 2.32. The Morgan fingerprint density at radius 2 is 1.81 bits per heavy atom. The van der Waals surface area contributed by atoms with Gasteiger partial charge in [0.2, 0.25) is 0 Å². The second-order valence-corrected chi connectivity index (χ2v) is 6.78. The van der Waals surface area contributed by atoms with Gasteiger partial charge < -0.3 is 14.3 Å². The van der Waals surface area contributed by atoms with E-state index in [-0.39, 0.29) is 5.78 Å². The van der Waals surface area contributed by atoms with Gasteiger partial charge in [0.05, 0.1) is 5.56 Å².